The fourth-order valence-corrected chi connectivity index (χ4v) is 3.38. The van der Waals surface area contributed by atoms with E-state index in [4.69, 9.17) is 10.5 Å². The van der Waals surface area contributed by atoms with Gasteiger partial charge in [0.25, 0.3) is 0 Å². The molecule has 3 N–H and O–H groups in total. The minimum absolute atomic E-state index is 0.505. The second-order valence-corrected chi connectivity index (χ2v) is 6.00. The number of aliphatic hydroxyl groups is 1. The van der Waals surface area contributed by atoms with Gasteiger partial charge < -0.3 is 15.6 Å². The fourth-order valence-electron chi connectivity index (χ4n) is 3.38. The summed E-state index contributed by atoms with van der Waals surface area (Å²) >= 11 is 0. The number of nitrogens with two attached hydrogens (primary N) is 1. The molecule has 1 aromatic carbocycles. The van der Waals surface area contributed by atoms with E-state index in [-0.39, 0.29) is 0 Å². The normalized spacial score (nSPS) is 26.0. The van der Waals surface area contributed by atoms with Gasteiger partial charge in [-0.25, -0.2) is 0 Å². The second-order valence-electron chi connectivity index (χ2n) is 6.00. The van der Waals surface area contributed by atoms with Gasteiger partial charge in [-0.15, -0.1) is 0 Å². The summed E-state index contributed by atoms with van der Waals surface area (Å²) in [5.41, 5.74) is 7.45. The van der Waals surface area contributed by atoms with Gasteiger partial charge in [-0.05, 0) is 19.0 Å². The monoisotopic (exact) mass is 291 g/mol. The van der Waals surface area contributed by atoms with Crippen molar-refractivity contribution in [2.24, 2.45) is 0 Å². The number of likely N-dealkylation sites (tertiary alicyclic amines) is 1. The SMILES string of the molecule is Nc1ccccc1C(O)CN1CCC(N2CCOCC2)C1. The van der Waals surface area contributed by atoms with Crippen LogP contribution in [0.4, 0.5) is 5.69 Å². The molecule has 0 bridgehead atoms. The minimum atomic E-state index is -0.505. The topological polar surface area (TPSA) is 62.0 Å². The highest BCUT2D eigenvalue weighted by atomic mass is 16.5. The third kappa shape index (κ3) is 3.55. The van der Waals surface area contributed by atoms with Crippen LogP contribution in [0.5, 0.6) is 0 Å². The Labute approximate surface area is 126 Å². The van der Waals surface area contributed by atoms with E-state index in [0.717, 1.165) is 45.0 Å². The zero-order valence-corrected chi connectivity index (χ0v) is 12.4. The van der Waals surface area contributed by atoms with E-state index in [2.05, 4.69) is 9.80 Å². The molecule has 2 saturated heterocycles. The van der Waals surface area contributed by atoms with E-state index in [1.807, 2.05) is 24.3 Å². The molecule has 116 valence electrons. The summed E-state index contributed by atoms with van der Waals surface area (Å²) in [6.07, 6.45) is 0.673. The molecule has 0 amide bonds. The van der Waals surface area contributed by atoms with Gasteiger partial charge in [0.2, 0.25) is 0 Å². The number of β-amino-alcohol motifs (C(OH)–C–C–N with tert-alkyl or cyclic N) is 1. The summed E-state index contributed by atoms with van der Waals surface area (Å²) in [4.78, 5) is 4.87. The van der Waals surface area contributed by atoms with Gasteiger partial charge in [-0.3, -0.25) is 9.80 Å². The number of anilines is 1. The Hall–Kier alpha value is -1.14. The van der Waals surface area contributed by atoms with Gasteiger partial charge in [-0.1, -0.05) is 18.2 Å². The van der Waals surface area contributed by atoms with Crippen molar-refractivity contribution in [1.29, 1.82) is 0 Å². The van der Waals surface area contributed by atoms with Crippen LogP contribution < -0.4 is 5.73 Å². The van der Waals surface area contributed by atoms with Crippen molar-refractivity contribution in [1.82, 2.24) is 9.80 Å². The summed E-state index contributed by atoms with van der Waals surface area (Å²) in [6, 6.07) is 8.19. The Kier molecular flexibility index (Phi) is 4.75. The summed E-state index contributed by atoms with van der Waals surface area (Å²) in [7, 11) is 0. The standard InChI is InChI=1S/C16H25N3O2/c17-15-4-2-1-3-14(15)16(20)12-18-6-5-13(11-18)19-7-9-21-10-8-19/h1-4,13,16,20H,5-12,17H2. The summed E-state index contributed by atoms with van der Waals surface area (Å²) in [6.45, 7) is 6.50. The van der Waals surface area contributed by atoms with Crippen molar-refractivity contribution in [3.63, 3.8) is 0 Å². The van der Waals surface area contributed by atoms with E-state index < -0.39 is 6.10 Å². The first-order chi connectivity index (χ1) is 10.2. The van der Waals surface area contributed by atoms with Crippen LogP contribution in [0.15, 0.2) is 24.3 Å². The minimum Gasteiger partial charge on any atom is -0.398 e. The highest BCUT2D eigenvalue weighted by Gasteiger charge is 2.29. The molecule has 2 atom stereocenters. The van der Waals surface area contributed by atoms with Crippen molar-refractivity contribution in [3.05, 3.63) is 29.8 Å². The third-order valence-electron chi connectivity index (χ3n) is 4.60. The molecule has 2 unspecified atom stereocenters. The van der Waals surface area contributed by atoms with Crippen molar-refractivity contribution in [2.45, 2.75) is 18.6 Å². The van der Waals surface area contributed by atoms with Gasteiger partial charge in [0.15, 0.2) is 0 Å². The van der Waals surface area contributed by atoms with E-state index in [0.29, 0.717) is 18.3 Å². The first-order valence-corrected chi connectivity index (χ1v) is 7.80. The van der Waals surface area contributed by atoms with Crippen LogP contribution in [0.3, 0.4) is 0 Å². The quantitative estimate of drug-likeness (QED) is 0.800. The number of benzene rings is 1. The van der Waals surface area contributed by atoms with Gasteiger partial charge in [0, 0.05) is 43.5 Å². The van der Waals surface area contributed by atoms with Crippen LogP contribution in [0.25, 0.3) is 0 Å². The second kappa shape index (κ2) is 6.75. The number of morpholine rings is 1. The lowest BCUT2D eigenvalue weighted by Crippen LogP contribution is -2.44. The maximum Gasteiger partial charge on any atom is 0.0936 e. The van der Waals surface area contributed by atoms with Gasteiger partial charge in [0.1, 0.15) is 0 Å². The Morgan fingerprint density at radius 3 is 2.76 bits per heavy atom. The van der Waals surface area contributed by atoms with Gasteiger partial charge in [0.05, 0.1) is 19.3 Å². The lowest BCUT2D eigenvalue weighted by molar-refractivity contribution is 0.0174. The number of aliphatic hydroxyl groups excluding tert-OH is 1. The largest absolute Gasteiger partial charge is 0.398 e. The average Bonchev–Trinajstić information content (AvgIpc) is 2.97. The Morgan fingerprint density at radius 1 is 1.24 bits per heavy atom. The van der Waals surface area contributed by atoms with Crippen LogP contribution >= 0.6 is 0 Å². The Balaban J connectivity index is 1.53. The van der Waals surface area contributed by atoms with E-state index in [1.165, 1.54) is 6.42 Å². The molecule has 3 rings (SSSR count). The summed E-state index contributed by atoms with van der Waals surface area (Å²) < 4.78 is 5.41. The van der Waals surface area contributed by atoms with Crippen LogP contribution in [0.2, 0.25) is 0 Å². The molecule has 1 aromatic rings. The number of para-hydroxylation sites is 1. The summed E-state index contributed by atoms with van der Waals surface area (Å²) in [5, 5.41) is 10.4. The van der Waals surface area contributed by atoms with Crippen LogP contribution in [-0.2, 0) is 4.74 Å². The maximum atomic E-state index is 10.4. The zero-order valence-electron chi connectivity index (χ0n) is 12.4. The molecule has 2 aliphatic heterocycles. The van der Waals surface area contributed by atoms with Crippen LogP contribution in [0.1, 0.15) is 18.1 Å². The van der Waals surface area contributed by atoms with E-state index in [9.17, 15) is 5.11 Å². The predicted octanol–water partition coefficient (Wildman–Crippen LogP) is 0.709. The van der Waals surface area contributed by atoms with Crippen molar-refractivity contribution in [3.8, 4) is 0 Å². The molecule has 0 radical (unpaired) electrons. The van der Waals surface area contributed by atoms with Crippen LogP contribution in [0, 0.1) is 0 Å². The maximum absolute atomic E-state index is 10.4. The van der Waals surface area contributed by atoms with Crippen molar-refractivity contribution in [2.75, 3.05) is 51.7 Å². The molecule has 2 aliphatic rings. The number of hydrogen-bond donors (Lipinski definition) is 2. The molecular formula is C16H25N3O2. The molecule has 2 heterocycles. The number of hydrogen-bond acceptors (Lipinski definition) is 5. The number of nitrogen functional groups attached to an aromatic ring is 1. The predicted molar refractivity (Wildman–Crippen MR) is 83.1 cm³/mol. The zero-order chi connectivity index (χ0) is 14.7. The highest BCUT2D eigenvalue weighted by Crippen LogP contribution is 2.24. The molecule has 21 heavy (non-hydrogen) atoms. The molecule has 0 aromatic heterocycles. The molecule has 5 heteroatoms. The number of nitrogens with zero attached hydrogens (tertiary/aromatic N) is 2. The first kappa shape index (κ1) is 14.8. The molecule has 5 nitrogen and oxygen atoms in total. The van der Waals surface area contributed by atoms with E-state index in [1.54, 1.807) is 0 Å². The number of ether oxygens (including phenoxy) is 1. The lowest BCUT2D eigenvalue weighted by atomic mass is 10.1. The smallest absolute Gasteiger partial charge is 0.0936 e. The Morgan fingerprint density at radius 2 is 2.00 bits per heavy atom. The van der Waals surface area contributed by atoms with Gasteiger partial charge >= 0.3 is 0 Å². The third-order valence-corrected chi connectivity index (χ3v) is 4.60. The molecule has 0 aliphatic carbocycles. The van der Waals surface area contributed by atoms with Crippen LogP contribution in [-0.4, -0.2) is 66.9 Å². The average molecular weight is 291 g/mol. The lowest BCUT2D eigenvalue weighted by Gasteiger charge is -2.32. The molecule has 0 saturated carbocycles. The van der Waals surface area contributed by atoms with E-state index >= 15 is 0 Å². The molecule has 0 spiro atoms. The first-order valence-electron chi connectivity index (χ1n) is 7.80. The highest BCUT2D eigenvalue weighted by molar-refractivity contribution is 5.47. The Bertz CT molecular complexity index is 463. The van der Waals surface area contributed by atoms with Crippen molar-refractivity contribution < 1.29 is 9.84 Å². The molecular weight excluding hydrogens is 266 g/mol. The van der Waals surface area contributed by atoms with Gasteiger partial charge in [-0.2, -0.15) is 0 Å². The number of rotatable bonds is 4. The van der Waals surface area contributed by atoms with Crippen molar-refractivity contribution >= 4 is 5.69 Å². The fraction of sp³-hybridized carbons (Fsp3) is 0.625. The summed E-state index contributed by atoms with van der Waals surface area (Å²) in [5.74, 6) is 0. The molecule has 2 fully saturated rings.